The summed E-state index contributed by atoms with van der Waals surface area (Å²) in [5.41, 5.74) is 2.02. The number of rotatable bonds is 11. The Kier molecular flexibility index (Phi) is 9.48. The molecule has 4 heteroatoms. The Morgan fingerprint density at radius 3 is 2.27 bits per heavy atom. The molecule has 0 heterocycles. The highest BCUT2D eigenvalue weighted by Gasteiger charge is 2.32. The van der Waals surface area contributed by atoms with E-state index in [2.05, 4.69) is 48.8 Å². The Hall–Kier alpha value is -1.23. The Bertz CT molecular complexity index is 549. The van der Waals surface area contributed by atoms with Crippen molar-refractivity contribution in [3.63, 3.8) is 0 Å². The number of hydrogen-bond donors (Lipinski definition) is 1. The maximum atomic E-state index is 12.8. The molecule has 0 spiro atoms. The lowest BCUT2D eigenvalue weighted by atomic mass is 10.00. The van der Waals surface area contributed by atoms with Gasteiger partial charge in [0.2, 0.25) is 0 Å². The molecule has 0 aliphatic carbocycles. The minimum Gasteiger partial charge on any atom is -0.598 e. The summed E-state index contributed by atoms with van der Waals surface area (Å²) in [5.74, 6) is 0.608. The first-order valence-corrected chi connectivity index (χ1v) is 10.7. The van der Waals surface area contributed by atoms with Crippen LogP contribution in [0.4, 0.5) is 0 Å². The van der Waals surface area contributed by atoms with Gasteiger partial charge in [0.1, 0.15) is 10.8 Å². The second kappa shape index (κ2) is 10.8. The lowest BCUT2D eigenvalue weighted by Crippen LogP contribution is -2.44. The molecule has 0 radical (unpaired) electrons. The van der Waals surface area contributed by atoms with Gasteiger partial charge in [0.05, 0.1) is 0 Å². The van der Waals surface area contributed by atoms with Crippen molar-refractivity contribution in [3.8, 4) is 0 Å². The first kappa shape index (κ1) is 22.8. The smallest absolute Gasteiger partial charge is 0.136 e. The van der Waals surface area contributed by atoms with Gasteiger partial charge in [-0.15, -0.1) is 11.3 Å². The molecule has 1 rings (SSSR count). The molecule has 0 amide bonds. The lowest BCUT2D eigenvalue weighted by molar-refractivity contribution is 0.280. The lowest BCUT2D eigenvalue weighted by Gasteiger charge is -2.35. The summed E-state index contributed by atoms with van der Waals surface area (Å²) < 4.78 is 15.8. The fourth-order valence-electron chi connectivity index (χ4n) is 2.76. The molecule has 146 valence electrons. The average Bonchev–Trinajstić information content (AvgIpc) is 2.62. The molecule has 1 unspecified atom stereocenters. The molecular weight excluding hydrogens is 340 g/mol. The second-order valence-electron chi connectivity index (χ2n) is 7.71. The van der Waals surface area contributed by atoms with Gasteiger partial charge in [-0.05, 0) is 32.3 Å². The SMILES string of the molecule is C=CCN(CC(CC)CC)C(=C)[C@H](N[S+]([O-])C(C)(C)C)c1ccccc1. The van der Waals surface area contributed by atoms with Crippen LogP contribution >= 0.6 is 0 Å². The molecule has 1 aromatic carbocycles. The van der Waals surface area contributed by atoms with E-state index in [-0.39, 0.29) is 10.8 Å². The summed E-state index contributed by atoms with van der Waals surface area (Å²) in [4.78, 5) is 2.27. The van der Waals surface area contributed by atoms with Crippen molar-refractivity contribution in [1.29, 1.82) is 0 Å². The molecule has 0 saturated heterocycles. The standard InChI is InChI=1S/C22H36N2OS/c1-8-16-24(17-19(9-2)10-3)18(4)21(20-14-12-11-13-15-20)23-26(25)22(5,6)7/h8,11-15,19,21,23H,1,4,9-10,16-17H2,2-3,5-7H3/t21-,26?/m0/s1. The Balaban J connectivity index is 3.13. The second-order valence-corrected chi connectivity index (χ2v) is 9.71. The molecule has 0 aliphatic heterocycles. The third-order valence-corrected chi connectivity index (χ3v) is 6.20. The van der Waals surface area contributed by atoms with E-state index in [0.29, 0.717) is 5.92 Å². The summed E-state index contributed by atoms with van der Waals surface area (Å²) in [5, 5.41) is 0. The highest BCUT2D eigenvalue weighted by molar-refractivity contribution is 7.90. The normalized spacial score (nSPS) is 14.1. The van der Waals surface area contributed by atoms with E-state index in [0.717, 1.165) is 37.2 Å². The van der Waals surface area contributed by atoms with Gasteiger partial charge < -0.3 is 9.45 Å². The van der Waals surface area contributed by atoms with Crippen molar-refractivity contribution in [2.24, 2.45) is 5.92 Å². The van der Waals surface area contributed by atoms with E-state index in [9.17, 15) is 4.55 Å². The van der Waals surface area contributed by atoms with Crippen molar-refractivity contribution >= 4 is 11.4 Å². The van der Waals surface area contributed by atoms with E-state index >= 15 is 0 Å². The Morgan fingerprint density at radius 2 is 1.81 bits per heavy atom. The molecule has 1 N–H and O–H groups in total. The maximum absolute atomic E-state index is 12.8. The highest BCUT2D eigenvalue weighted by Crippen LogP contribution is 2.28. The molecule has 0 saturated carbocycles. The number of benzene rings is 1. The molecule has 1 aromatic rings. The zero-order valence-electron chi connectivity index (χ0n) is 17.1. The molecule has 0 aromatic heterocycles. The van der Waals surface area contributed by atoms with E-state index in [1.54, 1.807) is 0 Å². The number of nitrogens with one attached hydrogen (secondary N) is 1. The molecule has 0 fully saturated rings. The van der Waals surface area contributed by atoms with Crippen LogP contribution in [0.1, 0.15) is 59.1 Å². The summed E-state index contributed by atoms with van der Waals surface area (Å²) in [7, 11) is 0. The van der Waals surface area contributed by atoms with Crippen LogP contribution in [0.3, 0.4) is 0 Å². The van der Waals surface area contributed by atoms with E-state index in [1.807, 2.05) is 45.0 Å². The number of nitrogens with zero attached hydrogens (tertiary/aromatic N) is 1. The molecular formula is C22H36N2OS. The molecule has 3 nitrogen and oxygen atoms in total. The van der Waals surface area contributed by atoms with Crippen LogP contribution < -0.4 is 4.72 Å². The minimum atomic E-state index is -1.19. The Labute approximate surface area is 163 Å². The largest absolute Gasteiger partial charge is 0.598 e. The van der Waals surface area contributed by atoms with Crippen LogP contribution in [0.2, 0.25) is 0 Å². The van der Waals surface area contributed by atoms with Gasteiger partial charge in [0.25, 0.3) is 0 Å². The van der Waals surface area contributed by atoms with Gasteiger partial charge in [-0.2, -0.15) is 0 Å². The summed E-state index contributed by atoms with van der Waals surface area (Å²) in [6, 6.07) is 9.95. The molecule has 0 aliphatic rings. The fraction of sp³-hybridized carbons (Fsp3) is 0.545. The van der Waals surface area contributed by atoms with Crippen LogP contribution in [-0.2, 0) is 11.4 Å². The average molecular weight is 377 g/mol. The summed E-state index contributed by atoms with van der Waals surface area (Å²) >= 11 is -1.19. The zero-order chi connectivity index (χ0) is 19.7. The van der Waals surface area contributed by atoms with Crippen LogP contribution in [0.5, 0.6) is 0 Å². The third-order valence-electron chi connectivity index (χ3n) is 4.64. The van der Waals surface area contributed by atoms with Gasteiger partial charge in [0, 0.05) is 30.1 Å². The summed E-state index contributed by atoms with van der Waals surface area (Å²) in [6.07, 6.45) is 4.18. The van der Waals surface area contributed by atoms with Crippen molar-refractivity contribution in [2.45, 2.75) is 58.2 Å². The van der Waals surface area contributed by atoms with Crippen LogP contribution in [0.25, 0.3) is 0 Å². The fourth-order valence-corrected chi connectivity index (χ4v) is 3.60. The van der Waals surface area contributed by atoms with Crippen molar-refractivity contribution < 1.29 is 4.55 Å². The molecule has 0 bridgehead atoms. The van der Waals surface area contributed by atoms with Gasteiger partial charge >= 0.3 is 0 Å². The third kappa shape index (κ3) is 6.82. The predicted octanol–water partition coefficient (Wildman–Crippen LogP) is 5.22. The van der Waals surface area contributed by atoms with Crippen LogP contribution in [0.15, 0.2) is 55.3 Å². The quantitative estimate of drug-likeness (QED) is 0.425. The number of hydrogen-bond acceptors (Lipinski definition) is 3. The minimum absolute atomic E-state index is 0.189. The van der Waals surface area contributed by atoms with E-state index in [1.165, 1.54) is 0 Å². The topological polar surface area (TPSA) is 38.3 Å². The maximum Gasteiger partial charge on any atom is 0.136 e. The van der Waals surface area contributed by atoms with Crippen molar-refractivity contribution in [3.05, 3.63) is 60.8 Å². The van der Waals surface area contributed by atoms with Crippen molar-refractivity contribution in [1.82, 2.24) is 9.62 Å². The van der Waals surface area contributed by atoms with Gasteiger partial charge in [-0.3, -0.25) is 0 Å². The highest BCUT2D eigenvalue weighted by atomic mass is 32.2. The van der Waals surface area contributed by atoms with Crippen LogP contribution in [-0.4, -0.2) is 27.3 Å². The first-order valence-electron chi connectivity index (χ1n) is 9.52. The molecule has 2 atom stereocenters. The predicted molar refractivity (Wildman–Crippen MR) is 115 cm³/mol. The zero-order valence-corrected chi connectivity index (χ0v) is 17.9. The Morgan fingerprint density at radius 1 is 1.23 bits per heavy atom. The first-order chi connectivity index (χ1) is 12.2. The monoisotopic (exact) mass is 376 g/mol. The van der Waals surface area contributed by atoms with Crippen molar-refractivity contribution in [2.75, 3.05) is 13.1 Å². The van der Waals surface area contributed by atoms with E-state index < -0.39 is 11.4 Å². The van der Waals surface area contributed by atoms with Gasteiger partial charge in [0.15, 0.2) is 0 Å². The molecule has 26 heavy (non-hydrogen) atoms. The summed E-state index contributed by atoms with van der Waals surface area (Å²) in [6.45, 7) is 20.4. The van der Waals surface area contributed by atoms with Gasteiger partial charge in [-0.25, -0.2) is 0 Å². The van der Waals surface area contributed by atoms with E-state index in [4.69, 9.17) is 0 Å². The van der Waals surface area contributed by atoms with Gasteiger partial charge in [-0.1, -0.05) is 69.7 Å². The van der Waals surface area contributed by atoms with Crippen LogP contribution in [0, 0.1) is 5.92 Å².